The predicted octanol–water partition coefficient (Wildman–Crippen LogP) is 5.36. The van der Waals surface area contributed by atoms with E-state index in [-0.39, 0.29) is 0 Å². The van der Waals surface area contributed by atoms with Gasteiger partial charge in [0.05, 0.1) is 0 Å². The van der Waals surface area contributed by atoms with Crippen molar-refractivity contribution in [3.63, 3.8) is 0 Å². The van der Waals surface area contributed by atoms with Crippen molar-refractivity contribution in [3.05, 3.63) is 40.8 Å². The molecule has 2 atom stereocenters. The molecule has 0 aromatic heterocycles. The monoisotopic (exact) mass is 282 g/mol. The van der Waals surface area contributed by atoms with E-state index >= 15 is 0 Å². The molecule has 0 amide bonds. The minimum Gasteiger partial charge on any atom is -0.483 e. The lowest BCUT2D eigenvalue weighted by molar-refractivity contribution is 0.393. The molecule has 1 aromatic rings. The van der Waals surface area contributed by atoms with E-state index in [1.54, 1.807) is 11.8 Å². The molecular weight excluding hydrogens is 264 g/mol. The molecule has 0 radical (unpaired) electrons. The van der Waals surface area contributed by atoms with Crippen LogP contribution in [-0.2, 0) is 0 Å². The van der Waals surface area contributed by atoms with Crippen LogP contribution in [-0.4, -0.2) is 5.94 Å². The van der Waals surface area contributed by atoms with Crippen LogP contribution in [0.25, 0.3) is 0 Å². The molecule has 1 saturated carbocycles. The summed E-state index contributed by atoms with van der Waals surface area (Å²) in [5.41, 5.74) is 0. The zero-order valence-electron chi connectivity index (χ0n) is 10.6. The smallest absolute Gasteiger partial charge is 0.138 e. The minimum absolute atomic E-state index is 0.637. The first-order chi connectivity index (χ1) is 8.75. The molecule has 0 heterocycles. The van der Waals surface area contributed by atoms with E-state index in [0.29, 0.717) is 11.0 Å². The highest BCUT2D eigenvalue weighted by atomic mass is 35.5. The van der Waals surface area contributed by atoms with Gasteiger partial charge in [0, 0.05) is 5.02 Å². The van der Waals surface area contributed by atoms with Gasteiger partial charge in [-0.3, -0.25) is 0 Å². The fourth-order valence-corrected chi connectivity index (χ4v) is 3.09. The molecule has 0 spiro atoms. The predicted molar refractivity (Wildman–Crippen MR) is 80.2 cm³/mol. The third-order valence-corrected chi connectivity index (χ3v) is 4.28. The standard InChI is InChI=1S/C15H19ClOS/c1-12-4-2-5-13(12)8-9-18-11-17-15-7-3-6-14(16)10-15/h3,6-10,12-13H,2,4-5,11H2,1H3/b9-8+. The molecule has 1 aliphatic carbocycles. The average molecular weight is 283 g/mol. The molecule has 1 nitrogen and oxygen atoms in total. The van der Waals surface area contributed by atoms with Gasteiger partial charge in [-0.1, -0.05) is 55.3 Å². The molecule has 18 heavy (non-hydrogen) atoms. The Morgan fingerprint density at radius 1 is 1.44 bits per heavy atom. The molecule has 2 rings (SSSR count). The van der Waals surface area contributed by atoms with E-state index in [9.17, 15) is 0 Å². The molecule has 98 valence electrons. The highest BCUT2D eigenvalue weighted by Crippen LogP contribution is 2.32. The van der Waals surface area contributed by atoms with Crippen molar-refractivity contribution in [2.24, 2.45) is 11.8 Å². The zero-order valence-corrected chi connectivity index (χ0v) is 12.2. The number of hydrogen-bond acceptors (Lipinski definition) is 2. The summed E-state index contributed by atoms with van der Waals surface area (Å²) in [6.07, 6.45) is 6.43. The topological polar surface area (TPSA) is 9.23 Å². The second kappa shape index (κ2) is 7.10. The van der Waals surface area contributed by atoms with Crippen LogP contribution in [0.2, 0.25) is 5.02 Å². The number of thioether (sulfide) groups is 1. The fourth-order valence-electron chi connectivity index (χ4n) is 2.31. The lowest BCUT2D eigenvalue weighted by Crippen LogP contribution is -1.98. The molecular formula is C15H19ClOS. The van der Waals surface area contributed by atoms with Crippen molar-refractivity contribution in [2.45, 2.75) is 26.2 Å². The Labute approximate surface area is 119 Å². The number of allylic oxidation sites excluding steroid dienone is 1. The molecule has 1 aromatic carbocycles. The van der Waals surface area contributed by atoms with Crippen LogP contribution >= 0.6 is 23.4 Å². The van der Waals surface area contributed by atoms with Gasteiger partial charge in [0.15, 0.2) is 0 Å². The van der Waals surface area contributed by atoms with Crippen molar-refractivity contribution in [1.82, 2.24) is 0 Å². The van der Waals surface area contributed by atoms with Crippen LogP contribution in [0.3, 0.4) is 0 Å². The second-order valence-corrected chi connectivity index (χ2v) is 6.06. The third-order valence-electron chi connectivity index (χ3n) is 3.44. The van der Waals surface area contributed by atoms with E-state index < -0.39 is 0 Å². The number of hydrogen-bond donors (Lipinski definition) is 0. The maximum absolute atomic E-state index is 5.89. The van der Waals surface area contributed by atoms with Crippen molar-refractivity contribution >= 4 is 23.4 Å². The summed E-state index contributed by atoms with van der Waals surface area (Å²) in [5.74, 6) is 3.08. The first-order valence-electron chi connectivity index (χ1n) is 6.42. The van der Waals surface area contributed by atoms with Gasteiger partial charge < -0.3 is 4.74 Å². The quantitative estimate of drug-likeness (QED) is 0.531. The summed E-state index contributed by atoms with van der Waals surface area (Å²) >= 11 is 7.58. The highest BCUT2D eigenvalue weighted by Gasteiger charge is 2.20. The number of rotatable bonds is 5. The molecule has 1 aliphatic rings. The van der Waals surface area contributed by atoms with Crippen molar-refractivity contribution in [2.75, 3.05) is 5.94 Å². The Kier molecular flexibility index (Phi) is 5.45. The van der Waals surface area contributed by atoms with Crippen LogP contribution in [0, 0.1) is 11.8 Å². The normalized spacial score (nSPS) is 23.7. The molecule has 1 fully saturated rings. The van der Waals surface area contributed by atoms with Crippen molar-refractivity contribution in [1.29, 1.82) is 0 Å². The summed E-state index contributed by atoms with van der Waals surface area (Å²) in [6, 6.07) is 7.52. The van der Waals surface area contributed by atoms with Gasteiger partial charge in [-0.05, 0) is 41.9 Å². The molecule has 0 aliphatic heterocycles. The van der Waals surface area contributed by atoms with Gasteiger partial charge >= 0.3 is 0 Å². The first-order valence-corrected chi connectivity index (χ1v) is 7.85. The highest BCUT2D eigenvalue weighted by molar-refractivity contribution is 8.02. The van der Waals surface area contributed by atoms with Gasteiger partial charge in [-0.15, -0.1) is 0 Å². The fraction of sp³-hybridized carbons (Fsp3) is 0.467. The van der Waals surface area contributed by atoms with Crippen molar-refractivity contribution in [3.8, 4) is 5.75 Å². The Morgan fingerprint density at radius 2 is 2.33 bits per heavy atom. The SMILES string of the molecule is CC1CCCC1/C=C/SCOc1cccc(Cl)c1. The Bertz CT molecular complexity index is 405. The van der Waals surface area contributed by atoms with Crippen molar-refractivity contribution < 1.29 is 4.74 Å². The summed E-state index contributed by atoms with van der Waals surface area (Å²) in [4.78, 5) is 0. The second-order valence-electron chi connectivity index (χ2n) is 4.79. The molecule has 0 N–H and O–H groups in total. The minimum atomic E-state index is 0.637. The largest absolute Gasteiger partial charge is 0.483 e. The van der Waals surface area contributed by atoms with Gasteiger partial charge in [0.25, 0.3) is 0 Å². The van der Waals surface area contributed by atoms with Gasteiger partial charge in [0.1, 0.15) is 11.7 Å². The summed E-state index contributed by atoms with van der Waals surface area (Å²) < 4.78 is 5.61. The van der Waals surface area contributed by atoms with Gasteiger partial charge in [-0.25, -0.2) is 0 Å². The molecule has 0 saturated heterocycles. The Hall–Kier alpha value is -0.600. The van der Waals surface area contributed by atoms with Crippen LogP contribution in [0.1, 0.15) is 26.2 Å². The Balaban J connectivity index is 1.68. The lowest BCUT2D eigenvalue weighted by Gasteiger charge is -2.09. The lowest BCUT2D eigenvalue weighted by atomic mass is 9.99. The summed E-state index contributed by atoms with van der Waals surface area (Å²) in [5, 5.41) is 2.89. The van der Waals surface area contributed by atoms with E-state index in [1.807, 2.05) is 24.3 Å². The van der Waals surface area contributed by atoms with E-state index in [1.165, 1.54) is 19.3 Å². The van der Waals surface area contributed by atoms with Crippen LogP contribution in [0.15, 0.2) is 35.7 Å². The summed E-state index contributed by atoms with van der Waals surface area (Å²) in [6.45, 7) is 2.34. The molecule has 3 heteroatoms. The molecule has 0 bridgehead atoms. The number of halogens is 1. The third kappa shape index (κ3) is 4.25. The maximum atomic E-state index is 5.89. The van der Waals surface area contributed by atoms with E-state index in [2.05, 4.69) is 18.4 Å². The van der Waals surface area contributed by atoms with E-state index in [4.69, 9.17) is 16.3 Å². The van der Waals surface area contributed by atoms with Gasteiger partial charge in [-0.2, -0.15) is 0 Å². The summed E-state index contributed by atoms with van der Waals surface area (Å²) in [7, 11) is 0. The van der Waals surface area contributed by atoms with Crippen LogP contribution in [0.4, 0.5) is 0 Å². The Morgan fingerprint density at radius 3 is 3.06 bits per heavy atom. The molecule has 2 unspecified atom stereocenters. The van der Waals surface area contributed by atoms with Crippen LogP contribution < -0.4 is 4.74 Å². The zero-order chi connectivity index (χ0) is 12.8. The first kappa shape index (κ1) is 13.8. The maximum Gasteiger partial charge on any atom is 0.138 e. The number of benzene rings is 1. The van der Waals surface area contributed by atoms with Gasteiger partial charge in [0.2, 0.25) is 0 Å². The average Bonchev–Trinajstić information content (AvgIpc) is 2.75. The van der Waals surface area contributed by atoms with E-state index in [0.717, 1.165) is 17.6 Å². The van der Waals surface area contributed by atoms with Crippen LogP contribution in [0.5, 0.6) is 5.75 Å². The number of ether oxygens (including phenoxy) is 1.